The van der Waals surface area contributed by atoms with Crippen LogP contribution >= 0.6 is 0 Å². The maximum atomic E-state index is 11.3. The molecule has 0 unspecified atom stereocenters. The average molecular weight is 236 g/mol. The van der Waals surface area contributed by atoms with E-state index in [9.17, 15) is 9.59 Å². The van der Waals surface area contributed by atoms with Gasteiger partial charge in [0.05, 0.1) is 5.56 Å². The number of nitrogens with one attached hydrogen (secondary N) is 2. The lowest BCUT2D eigenvalue weighted by molar-refractivity contribution is 0.0695. The van der Waals surface area contributed by atoms with E-state index in [1.165, 1.54) is 0 Å². The average Bonchev–Trinajstić information content (AvgIpc) is 2.15. The number of hydrogen-bond donors (Lipinski definition) is 3. The van der Waals surface area contributed by atoms with Gasteiger partial charge >= 0.3 is 12.0 Å². The fourth-order valence-corrected chi connectivity index (χ4v) is 1.71. The third kappa shape index (κ3) is 3.21. The Morgan fingerprint density at radius 1 is 1.24 bits per heavy atom. The van der Waals surface area contributed by atoms with Crippen LogP contribution in [0.3, 0.4) is 0 Å². The van der Waals surface area contributed by atoms with Gasteiger partial charge < -0.3 is 15.7 Å². The minimum absolute atomic E-state index is 0.284. The van der Waals surface area contributed by atoms with Crippen LogP contribution in [-0.2, 0) is 0 Å². The molecule has 2 amide bonds. The zero-order chi connectivity index (χ0) is 13.0. The minimum atomic E-state index is -0.954. The number of rotatable bonds is 3. The van der Waals surface area contributed by atoms with Crippen molar-refractivity contribution in [3.63, 3.8) is 0 Å². The van der Waals surface area contributed by atoms with Crippen molar-refractivity contribution in [1.29, 1.82) is 0 Å². The first kappa shape index (κ1) is 13.0. The van der Waals surface area contributed by atoms with Crippen LogP contribution in [0.15, 0.2) is 12.1 Å². The number of aryl methyl sites for hydroxylation is 2. The number of carbonyl (C=O) groups is 2. The molecule has 0 radical (unpaired) electrons. The van der Waals surface area contributed by atoms with Crippen LogP contribution in [0.1, 0.15) is 28.4 Å². The van der Waals surface area contributed by atoms with Gasteiger partial charge in [0.2, 0.25) is 0 Å². The molecule has 0 atom stereocenters. The van der Waals surface area contributed by atoms with Gasteiger partial charge in [0.1, 0.15) is 0 Å². The first-order valence-electron chi connectivity index (χ1n) is 5.35. The van der Waals surface area contributed by atoms with Crippen molar-refractivity contribution in [3.8, 4) is 0 Å². The molecule has 0 heterocycles. The number of urea groups is 1. The van der Waals surface area contributed by atoms with Crippen LogP contribution in [0.2, 0.25) is 0 Å². The van der Waals surface area contributed by atoms with Crippen molar-refractivity contribution in [2.45, 2.75) is 20.8 Å². The predicted molar refractivity (Wildman–Crippen MR) is 65.6 cm³/mol. The maximum absolute atomic E-state index is 11.3. The molecular formula is C12H16N2O3. The van der Waals surface area contributed by atoms with Crippen molar-refractivity contribution >= 4 is 17.7 Å². The number of benzene rings is 1. The first-order chi connectivity index (χ1) is 7.95. The third-order valence-corrected chi connectivity index (χ3v) is 2.34. The van der Waals surface area contributed by atoms with Crippen LogP contribution < -0.4 is 10.6 Å². The summed E-state index contributed by atoms with van der Waals surface area (Å²) in [5, 5.41) is 14.3. The lowest BCUT2D eigenvalue weighted by Crippen LogP contribution is -2.28. The lowest BCUT2D eigenvalue weighted by Gasteiger charge is -2.10. The second-order valence-electron chi connectivity index (χ2n) is 3.77. The van der Waals surface area contributed by atoms with Crippen molar-refractivity contribution < 1.29 is 14.7 Å². The zero-order valence-corrected chi connectivity index (χ0v) is 10.1. The summed E-state index contributed by atoms with van der Waals surface area (Å²) in [6.45, 7) is 5.78. The number of carboxylic acids is 1. The molecule has 1 aromatic rings. The van der Waals surface area contributed by atoms with Gasteiger partial charge in [-0.2, -0.15) is 0 Å². The van der Waals surface area contributed by atoms with Crippen molar-refractivity contribution in [2.75, 3.05) is 11.9 Å². The largest absolute Gasteiger partial charge is 0.478 e. The summed E-state index contributed by atoms with van der Waals surface area (Å²) in [5.74, 6) is -0.954. The number of carboxylic acid groups (broad SMARTS) is 1. The van der Waals surface area contributed by atoms with Gasteiger partial charge in [-0.1, -0.05) is 0 Å². The summed E-state index contributed by atoms with van der Waals surface area (Å²) in [6, 6.07) is 2.99. The molecule has 0 aliphatic rings. The highest BCUT2D eigenvalue weighted by molar-refractivity contribution is 5.94. The third-order valence-electron chi connectivity index (χ3n) is 2.34. The number of anilines is 1. The quantitative estimate of drug-likeness (QED) is 0.752. The molecular weight excluding hydrogens is 220 g/mol. The number of aromatic carboxylic acids is 1. The van der Waals surface area contributed by atoms with Gasteiger partial charge in [0.25, 0.3) is 0 Å². The molecule has 1 rings (SSSR count). The van der Waals surface area contributed by atoms with E-state index in [-0.39, 0.29) is 11.6 Å². The standard InChI is InChI=1S/C12H16N2O3/c1-4-13-12(17)14-9-5-7(2)10(11(15)16)8(3)6-9/h5-6H,4H2,1-3H3,(H,15,16)(H2,13,14,17). The predicted octanol–water partition coefficient (Wildman–Crippen LogP) is 2.14. The Hall–Kier alpha value is -2.04. The van der Waals surface area contributed by atoms with E-state index in [2.05, 4.69) is 10.6 Å². The van der Waals surface area contributed by atoms with Crippen LogP contribution in [0.25, 0.3) is 0 Å². The highest BCUT2D eigenvalue weighted by Gasteiger charge is 2.12. The number of carbonyl (C=O) groups excluding carboxylic acids is 1. The van der Waals surface area contributed by atoms with Crippen molar-refractivity contribution in [1.82, 2.24) is 5.32 Å². The Morgan fingerprint density at radius 2 is 1.76 bits per heavy atom. The molecule has 0 saturated carbocycles. The summed E-state index contributed by atoms with van der Waals surface area (Å²) < 4.78 is 0. The summed E-state index contributed by atoms with van der Waals surface area (Å²) in [4.78, 5) is 22.3. The molecule has 0 aliphatic heterocycles. The van der Waals surface area contributed by atoms with Gasteiger partial charge in [0.15, 0.2) is 0 Å². The molecule has 17 heavy (non-hydrogen) atoms. The van der Waals surface area contributed by atoms with Crippen LogP contribution in [-0.4, -0.2) is 23.7 Å². The second-order valence-corrected chi connectivity index (χ2v) is 3.77. The maximum Gasteiger partial charge on any atom is 0.336 e. The first-order valence-corrected chi connectivity index (χ1v) is 5.35. The fraction of sp³-hybridized carbons (Fsp3) is 0.333. The Kier molecular flexibility index (Phi) is 4.09. The number of amides is 2. The highest BCUT2D eigenvalue weighted by atomic mass is 16.4. The van der Waals surface area contributed by atoms with E-state index < -0.39 is 5.97 Å². The van der Waals surface area contributed by atoms with E-state index in [0.717, 1.165) is 0 Å². The van der Waals surface area contributed by atoms with Crippen LogP contribution in [0.4, 0.5) is 10.5 Å². The molecule has 92 valence electrons. The van der Waals surface area contributed by atoms with E-state index in [4.69, 9.17) is 5.11 Å². The highest BCUT2D eigenvalue weighted by Crippen LogP contribution is 2.20. The molecule has 3 N–H and O–H groups in total. The Bertz CT molecular complexity index is 432. The molecule has 0 saturated heterocycles. The fourth-order valence-electron chi connectivity index (χ4n) is 1.71. The molecule has 0 bridgehead atoms. The molecule has 5 heteroatoms. The Labute approximate surface area is 99.8 Å². The second kappa shape index (κ2) is 5.34. The monoisotopic (exact) mass is 236 g/mol. The number of hydrogen-bond acceptors (Lipinski definition) is 2. The summed E-state index contributed by atoms with van der Waals surface area (Å²) >= 11 is 0. The molecule has 5 nitrogen and oxygen atoms in total. The van der Waals surface area contributed by atoms with E-state index >= 15 is 0 Å². The smallest absolute Gasteiger partial charge is 0.336 e. The van der Waals surface area contributed by atoms with E-state index in [1.54, 1.807) is 26.0 Å². The molecule has 0 spiro atoms. The SMILES string of the molecule is CCNC(=O)Nc1cc(C)c(C(=O)O)c(C)c1. The molecule has 0 aromatic heterocycles. The summed E-state index contributed by atoms with van der Waals surface area (Å²) in [7, 11) is 0. The summed E-state index contributed by atoms with van der Waals surface area (Å²) in [6.07, 6.45) is 0. The van der Waals surface area contributed by atoms with Crippen molar-refractivity contribution in [3.05, 3.63) is 28.8 Å². The van der Waals surface area contributed by atoms with Gasteiger partial charge in [-0.3, -0.25) is 0 Å². The lowest BCUT2D eigenvalue weighted by atomic mass is 10.0. The van der Waals surface area contributed by atoms with Crippen LogP contribution in [0.5, 0.6) is 0 Å². The topological polar surface area (TPSA) is 78.4 Å². The van der Waals surface area contributed by atoms with Gasteiger partial charge in [-0.15, -0.1) is 0 Å². The van der Waals surface area contributed by atoms with E-state index in [0.29, 0.717) is 23.4 Å². The van der Waals surface area contributed by atoms with Crippen molar-refractivity contribution in [2.24, 2.45) is 0 Å². The summed E-state index contributed by atoms with van der Waals surface area (Å²) in [5.41, 5.74) is 2.14. The normalized spacial score (nSPS) is 9.82. The van der Waals surface area contributed by atoms with Gasteiger partial charge in [-0.25, -0.2) is 9.59 Å². The molecule has 1 aromatic carbocycles. The molecule has 0 aliphatic carbocycles. The minimum Gasteiger partial charge on any atom is -0.478 e. The van der Waals surface area contributed by atoms with Gasteiger partial charge in [-0.05, 0) is 44.0 Å². The Morgan fingerprint density at radius 3 is 2.18 bits per heavy atom. The van der Waals surface area contributed by atoms with E-state index in [1.807, 2.05) is 6.92 Å². The van der Waals surface area contributed by atoms with Gasteiger partial charge in [0, 0.05) is 12.2 Å². The Balaban J connectivity index is 2.98. The molecule has 0 fully saturated rings. The zero-order valence-electron chi connectivity index (χ0n) is 10.1. The van der Waals surface area contributed by atoms with Crippen LogP contribution in [0, 0.1) is 13.8 Å².